The molecule has 1 aromatic carbocycles. The summed E-state index contributed by atoms with van der Waals surface area (Å²) < 4.78 is 90.0. The van der Waals surface area contributed by atoms with Crippen molar-refractivity contribution in [3.63, 3.8) is 0 Å². The van der Waals surface area contributed by atoms with Crippen LogP contribution in [0, 0.1) is 23.4 Å². The number of halogens is 6. The van der Waals surface area contributed by atoms with Crippen LogP contribution in [0.15, 0.2) is 35.3 Å². The highest BCUT2D eigenvalue weighted by molar-refractivity contribution is 5.97. The van der Waals surface area contributed by atoms with Crippen molar-refractivity contribution >= 4 is 22.8 Å². The van der Waals surface area contributed by atoms with Crippen molar-refractivity contribution in [3.05, 3.63) is 63.7 Å². The van der Waals surface area contributed by atoms with E-state index in [-0.39, 0.29) is 30.0 Å². The number of rotatable bonds is 6. The number of carbonyl (C=O) groups excluding carboxylic acids is 1. The molecular formula is C25H22F6N4O3. The van der Waals surface area contributed by atoms with E-state index < -0.39 is 58.2 Å². The zero-order valence-corrected chi connectivity index (χ0v) is 20.0. The summed E-state index contributed by atoms with van der Waals surface area (Å²) in [4.78, 5) is 32.4. The van der Waals surface area contributed by atoms with Gasteiger partial charge in [0.1, 0.15) is 28.9 Å². The van der Waals surface area contributed by atoms with Crippen molar-refractivity contribution < 1.29 is 35.9 Å². The van der Waals surface area contributed by atoms with E-state index in [1.165, 1.54) is 12.1 Å². The number of benzene rings is 1. The molecule has 1 amide bonds. The molecule has 5 rings (SSSR count). The monoisotopic (exact) mass is 540 g/mol. The topological polar surface area (TPSA) is 76.5 Å². The number of methoxy groups -OCH3 is 1. The lowest BCUT2D eigenvalue weighted by Gasteiger charge is -2.22. The van der Waals surface area contributed by atoms with E-state index in [9.17, 15) is 35.9 Å². The number of nitrogens with one attached hydrogen (secondary N) is 1. The predicted octanol–water partition coefficient (Wildman–Crippen LogP) is 4.10. The smallest absolute Gasteiger partial charge is 0.380 e. The van der Waals surface area contributed by atoms with Gasteiger partial charge in [0.15, 0.2) is 17.3 Å². The SMILES string of the molecule is COC1CCN(c2ccc3c(=O)c(C(=O)NC(C4CC4)C(F)(F)F)cn(-c4c(F)cc(F)cc4F)c3n2)C1. The number of fused-ring (bicyclic) bond motifs is 1. The minimum Gasteiger partial charge on any atom is -0.380 e. The maximum atomic E-state index is 14.9. The molecule has 1 saturated carbocycles. The van der Waals surface area contributed by atoms with Gasteiger partial charge in [-0.15, -0.1) is 0 Å². The summed E-state index contributed by atoms with van der Waals surface area (Å²) >= 11 is 0. The van der Waals surface area contributed by atoms with Crippen molar-refractivity contribution in [2.24, 2.45) is 5.92 Å². The fourth-order valence-electron chi connectivity index (χ4n) is 4.71. The average molecular weight is 540 g/mol. The number of anilines is 1. The Kier molecular flexibility index (Phi) is 6.58. The molecule has 13 heteroatoms. The normalized spacial score (nSPS) is 18.7. The molecule has 0 radical (unpaired) electrons. The molecule has 1 N–H and O–H groups in total. The molecule has 38 heavy (non-hydrogen) atoms. The first kappa shape index (κ1) is 26.0. The fraction of sp³-hybridized carbons (Fsp3) is 0.400. The second kappa shape index (κ2) is 9.61. The van der Waals surface area contributed by atoms with Crippen LogP contribution in [0.25, 0.3) is 16.7 Å². The number of hydrogen-bond acceptors (Lipinski definition) is 5. The second-order valence-electron chi connectivity index (χ2n) is 9.42. The molecule has 2 aliphatic rings. The molecule has 202 valence electrons. The van der Waals surface area contributed by atoms with Gasteiger partial charge in [-0.05, 0) is 37.3 Å². The summed E-state index contributed by atoms with van der Waals surface area (Å²) in [6, 6.07) is 1.38. The minimum atomic E-state index is -4.76. The fourth-order valence-corrected chi connectivity index (χ4v) is 4.71. The van der Waals surface area contributed by atoms with Gasteiger partial charge in [0.2, 0.25) is 5.43 Å². The lowest BCUT2D eigenvalue weighted by atomic mass is 10.1. The van der Waals surface area contributed by atoms with Crippen molar-refractivity contribution in [3.8, 4) is 5.69 Å². The molecule has 2 unspecified atom stereocenters. The molecular weight excluding hydrogens is 518 g/mol. The number of aromatic nitrogens is 2. The Bertz CT molecular complexity index is 1450. The molecule has 3 aromatic rings. The van der Waals surface area contributed by atoms with Gasteiger partial charge in [-0.25, -0.2) is 18.2 Å². The quantitative estimate of drug-likeness (QED) is 0.477. The van der Waals surface area contributed by atoms with Crippen LogP contribution >= 0.6 is 0 Å². The van der Waals surface area contributed by atoms with Gasteiger partial charge < -0.3 is 15.0 Å². The van der Waals surface area contributed by atoms with E-state index in [0.29, 0.717) is 37.5 Å². The van der Waals surface area contributed by atoms with Crippen molar-refractivity contribution in [1.82, 2.24) is 14.9 Å². The Balaban J connectivity index is 1.67. The molecule has 2 fully saturated rings. The van der Waals surface area contributed by atoms with Gasteiger partial charge in [-0.1, -0.05) is 0 Å². The Hall–Kier alpha value is -3.61. The maximum Gasteiger partial charge on any atom is 0.408 e. The Morgan fingerprint density at radius 1 is 1.13 bits per heavy atom. The van der Waals surface area contributed by atoms with E-state index >= 15 is 0 Å². The van der Waals surface area contributed by atoms with Crippen LogP contribution in [0.4, 0.5) is 32.2 Å². The largest absolute Gasteiger partial charge is 0.408 e. The number of nitrogens with zero attached hydrogens (tertiary/aromatic N) is 3. The van der Waals surface area contributed by atoms with E-state index in [1.807, 2.05) is 10.2 Å². The highest BCUT2D eigenvalue weighted by atomic mass is 19.4. The van der Waals surface area contributed by atoms with Crippen molar-refractivity contribution in [1.29, 1.82) is 0 Å². The number of hydrogen-bond donors (Lipinski definition) is 1. The van der Waals surface area contributed by atoms with Crippen molar-refractivity contribution in [2.75, 3.05) is 25.1 Å². The van der Waals surface area contributed by atoms with E-state index in [4.69, 9.17) is 4.74 Å². The Morgan fingerprint density at radius 2 is 1.82 bits per heavy atom. The van der Waals surface area contributed by atoms with Gasteiger partial charge in [-0.2, -0.15) is 13.2 Å². The minimum absolute atomic E-state index is 0.0826. The number of amides is 1. The van der Waals surface area contributed by atoms with Gasteiger partial charge in [-0.3, -0.25) is 14.2 Å². The molecule has 7 nitrogen and oxygen atoms in total. The third-order valence-corrected chi connectivity index (χ3v) is 6.84. The molecule has 1 saturated heterocycles. The van der Waals surface area contributed by atoms with Crippen LogP contribution in [0.2, 0.25) is 0 Å². The Morgan fingerprint density at radius 3 is 2.39 bits per heavy atom. The zero-order chi connectivity index (χ0) is 27.4. The maximum absolute atomic E-state index is 14.9. The first-order valence-corrected chi connectivity index (χ1v) is 11.8. The molecule has 0 bridgehead atoms. The van der Waals surface area contributed by atoms with Gasteiger partial charge in [0.05, 0.1) is 11.5 Å². The molecule has 1 aliphatic carbocycles. The van der Waals surface area contributed by atoms with E-state index in [1.54, 1.807) is 7.11 Å². The zero-order valence-electron chi connectivity index (χ0n) is 20.0. The first-order chi connectivity index (χ1) is 18.0. The van der Waals surface area contributed by atoms with Gasteiger partial charge in [0.25, 0.3) is 5.91 Å². The summed E-state index contributed by atoms with van der Waals surface area (Å²) in [5.41, 5.74) is -2.85. The number of carbonyl (C=O) groups is 1. The third-order valence-electron chi connectivity index (χ3n) is 6.84. The third kappa shape index (κ3) is 4.82. The van der Waals surface area contributed by atoms with Crippen LogP contribution in [0.5, 0.6) is 0 Å². The van der Waals surface area contributed by atoms with E-state index in [2.05, 4.69) is 4.98 Å². The van der Waals surface area contributed by atoms with Gasteiger partial charge >= 0.3 is 6.18 Å². The summed E-state index contributed by atoms with van der Waals surface area (Å²) in [6.45, 7) is 1.000. The number of ether oxygens (including phenoxy) is 1. The average Bonchev–Trinajstić information content (AvgIpc) is 3.57. The van der Waals surface area contributed by atoms with Crippen LogP contribution < -0.4 is 15.6 Å². The standard InChI is InChI=1S/C25H22F6N4O3/c1-38-14-6-7-34(10-14)19-5-4-15-21(36)16(24(37)33-22(12-2-3-12)25(29,30)31)11-35(23(15)32-19)20-17(27)8-13(26)9-18(20)28/h4-5,8-9,11-12,14,22H,2-3,6-7,10H2,1H3,(H,33,37). The highest BCUT2D eigenvalue weighted by Crippen LogP contribution is 2.40. The summed E-state index contributed by atoms with van der Waals surface area (Å²) in [5, 5.41) is 1.60. The number of pyridine rings is 2. The van der Waals surface area contributed by atoms with Crippen LogP contribution in [-0.4, -0.2) is 54.0 Å². The lowest BCUT2D eigenvalue weighted by molar-refractivity contribution is -0.158. The number of alkyl halides is 3. The first-order valence-electron chi connectivity index (χ1n) is 11.8. The predicted molar refractivity (Wildman–Crippen MR) is 125 cm³/mol. The highest BCUT2D eigenvalue weighted by Gasteiger charge is 2.50. The second-order valence-corrected chi connectivity index (χ2v) is 9.42. The van der Waals surface area contributed by atoms with Gasteiger partial charge in [0, 0.05) is 38.5 Å². The summed E-state index contributed by atoms with van der Waals surface area (Å²) in [5.74, 6) is -5.77. The van der Waals surface area contributed by atoms with Crippen LogP contribution in [-0.2, 0) is 4.74 Å². The molecule has 0 spiro atoms. The summed E-state index contributed by atoms with van der Waals surface area (Å²) in [7, 11) is 1.55. The van der Waals surface area contributed by atoms with Crippen LogP contribution in [0.3, 0.4) is 0 Å². The van der Waals surface area contributed by atoms with E-state index in [0.717, 1.165) is 10.8 Å². The lowest BCUT2D eigenvalue weighted by Crippen LogP contribution is -2.48. The van der Waals surface area contributed by atoms with Crippen LogP contribution in [0.1, 0.15) is 29.6 Å². The Labute approximate surface area is 212 Å². The molecule has 3 heterocycles. The summed E-state index contributed by atoms with van der Waals surface area (Å²) in [6.07, 6.45) is -2.91. The molecule has 1 aliphatic heterocycles. The van der Waals surface area contributed by atoms with Crippen molar-refractivity contribution in [2.45, 2.75) is 37.6 Å². The molecule has 2 atom stereocenters. The molecule has 2 aromatic heterocycles.